The van der Waals surface area contributed by atoms with Crippen LogP contribution in [0.15, 0.2) is 0 Å². The Bertz CT molecular complexity index is 204. The third-order valence-electron chi connectivity index (χ3n) is 3.10. The molecule has 3 nitrogen and oxygen atoms in total. The predicted molar refractivity (Wildman–Crippen MR) is 67.9 cm³/mol. The number of cyclic esters (lactones) is 1. The van der Waals surface area contributed by atoms with Gasteiger partial charge in [-0.25, -0.2) is 0 Å². The molecule has 100 valence electrons. The van der Waals surface area contributed by atoms with Gasteiger partial charge in [-0.05, 0) is 12.8 Å². The normalized spacial score (nSPS) is 26.6. The standard InChI is InChI=1S/C14H26O3/c1-13-11-16-10-8-6-4-2-3-5-7-9-14(15)17-12-13/h13H,2-12H2,1H3. The number of carbonyl (C=O) groups excluding carboxylic acids is 1. The molecule has 1 fully saturated rings. The second-order valence-corrected chi connectivity index (χ2v) is 5.09. The number of carbonyl (C=O) groups is 1. The van der Waals surface area contributed by atoms with E-state index in [1.54, 1.807) is 0 Å². The summed E-state index contributed by atoms with van der Waals surface area (Å²) in [6, 6.07) is 0. The van der Waals surface area contributed by atoms with Crippen molar-refractivity contribution in [2.45, 2.75) is 58.3 Å². The zero-order chi connectivity index (χ0) is 12.3. The summed E-state index contributed by atoms with van der Waals surface area (Å²) in [5, 5.41) is 0. The van der Waals surface area contributed by atoms with Gasteiger partial charge < -0.3 is 9.47 Å². The van der Waals surface area contributed by atoms with Crippen LogP contribution in [0, 0.1) is 5.92 Å². The van der Waals surface area contributed by atoms with Crippen molar-refractivity contribution in [1.29, 1.82) is 0 Å². The van der Waals surface area contributed by atoms with E-state index in [1.807, 2.05) is 0 Å². The summed E-state index contributed by atoms with van der Waals surface area (Å²) in [6.45, 7) is 4.11. The largest absolute Gasteiger partial charge is 0.465 e. The van der Waals surface area contributed by atoms with Gasteiger partial charge >= 0.3 is 5.97 Å². The zero-order valence-corrected chi connectivity index (χ0v) is 11.1. The maximum atomic E-state index is 11.4. The fourth-order valence-corrected chi connectivity index (χ4v) is 2.00. The van der Waals surface area contributed by atoms with Gasteiger partial charge in [0.25, 0.3) is 0 Å². The lowest BCUT2D eigenvalue weighted by Crippen LogP contribution is -2.16. The van der Waals surface area contributed by atoms with Crippen LogP contribution in [-0.2, 0) is 14.3 Å². The number of esters is 1. The van der Waals surface area contributed by atoms with Crippen LogP contribution in [0.25, 0.3) is 0 Å². The fourth-order valence-electron chi connectivity index (χ4n) is 2.00. The minimum Gasteiger partial charge on any atom is -0.465 e. The molecule has 0 radical (unpaired) electrons. The van der Waals surface area contributed by atoms with Gasteiger partial charge in [-0.3, -0.25) is 4.79 Å². The first kappa shape index (κ1) is 14.5. The van der Waals surface area contributed by atoms with Gasteiger partial charge in [0.15, 0.2) is 0 Å². The average Bonchev–Trinajstić information content (AvgIpc) is 2.33. The van der Waals surface area contributed by atoms with Gasteiger partial charge in [0, 0.05) is 18.9 Å². The minimum absolute atomic E-state index is 0.0493. The molecule has 1 rings (SSSR count). The first-order valence-electron chi connectivity index (χ1n) is 7.02. The molecular formula is C14H26O3. The monoisotopic (exact) mass is 242 g/mol. The molecule has 0 aromatic rings. The summed E-state index contributed by atoms with van der Waals surface area (Å²) >= 11 is 0. The molecule has 17 heavy (non-hydrogen) atoms. The van der Waals surface area contributed by atoms with Crippen LogP contribution in [0.1, 0.15) is 58.3 Å². The van der Waals surface area contributed by atoms with Gasteiger partial charge in [-0.2, -0.15) is 0 Å². The van der Waals surface area contributed by atoms with Gasteiger partial charge in [-0.15, -0.1) is 0 Å². The second-order valence-electron chi connectivity index (χ2n) is 5.09. The highest BCUT2D eigenvalue weighted by Gasteiger charge is 2.08. The van der Waals surface area contributed by atoms with Crippen LogP contribution in [0.3, 0.4) is 0 Å². The Kier molecular flexibility index (Phi) is 8.06. The topological polar surface area (TPSA) is 35.5 Å². The summed E-state index contributed by atoms with van der Waals surface area (Å²) < 4.78 is 10.8. The summed E-state index contributed by atoms with van der Waals surface area (Å²) in [6.07, 6.45) is 8.95. The SMILES string of the molecule is CC1COCCCCCCCCCC(=O)OC1. The van der Waals surface area contributed by atoms with E-state index in [-0.39, 0.29) is 5.97 Å². The molecule has 0 spiro atoms. The Morgan fingerprint density at radius 2 is 1.59 bits per heavy atom. The molecule has 0 aromatic heterocycles. The summed E-state index contributed by atoms with van der Waals surface area (Å²) in [7, 11) is 0. The maximum Gasteiger partial charge on any atom is 0.305 e. The zero-order valence-electron chi connectivity index (χ0n) is 11.1. The third kappa shape index (κ3) is 8.19. The molecule has 1 unspecified atom stereocenters. The highest BCUT2D eigenvalue weighted by Crippen LogP contribution is 2.10. The minimum atomic E-state index is -0.0493. The number of ether oxygens (including phenoxy) is 2. The Morgan fingerprint density at radius 1 is 0.941 bits per heavy atom. The summed E-state index contributed by atoms with van der Waals surface area (Å²) in [5.41, 5.74) is 0. The third-order valence-corrected chi connectivity index (χ3v) is 3.10. The van der Waals surface area contributed by atoms with Crippen molar-refractivity contribution >= 4 is 5.97 Å². The lowest BCUT2D eigenvalue weighted by atomic mass is 10.1. The van der Waals surface area contributed by atoms with E-state index >= 15 is 0 Å². The van der Waals surface area contributed by atoms with E-state index in [0.29, 0.717) is 25.6 Å². The molecule has 1 aliphatic heterocycles. The highest BCUT2D eigenvalue weighted by atomic mass is 16.5. The van der Waals surface area contributed by atoms with Crippen LogP contribution in [0.5, 0.6) is 0 Å². The van der Waals surface area contributed by atoms with Crippen molar-refractivity contribution in [1.82, 2.24) is 0 Å². The van der Waals surface area contributed by atoms with E-state index in [2.05, 4.69) is 6.92 Å². The van der Waals surface area contributed by atoms with Crippen molar-refractivity contribution in [2.24, 2.45) is 5.92 Å². The lowest BCUT2D eigenvalue weighted by Gasteiger charge is -2.12. The van der Waals surface area contributed by atoms with Crippen molar-refractivity contribution in [3.05, 3.63) is 0 Å². The molecule has 1 aliphatic rings. The van der Waals surface area contributed by atoms with Crippen LogP contribution in [0.4, 0.5) is 0 Å². The number of rotatable bonds is 0. The van der Waals surface area contributed by atoms with Crippen LogP contribution >= 0.6 is 0 Å². The average molecular weight is 242 g/mol. The Labute approximate surface area is 105 Å². The van der Waals surface area contributed by atoms with Gasteiger partial charge in [-0.1, -0.05) is 39.0 Å². The summed E-state index contributed by atoms with van der Waals surface area (Å²) in [4.78, 5) is 11.4. The molecule has 0 saturated carbocycles. The van der Waals surface area contributed by atoms with E-state index in [1.165, 1.54) is 25.7 Å². The van der Waals surface area contributed by atoms with Gasteiger partial charge in [0.05, 0.1) is 13.2 Å². The quantitative estimate of drug-likeness (QED) is 0.611. The van der Waals surface area contributed by atoms with Gasteiger partial charge in [0.1, 0.15) is 0 Å². The Balaban J connectivity index is 2.23. The molecule has 1 saturated heterocycles. The van der Waals surface area contributed by atoms with Crippen molar-refractivity contribution < 1.29 is 14.3 Å². The predicted octanol–water partition coefficient (Wildman–Crippen LogP) is 3.32. The van der Waals surface area contributed by atoms with E-state index in [4.69, 9.17) is 9.47 Å². The van der Waals surface area contributed by atoms with Crippen molar-refractivity contribution in [2.75, 3.05) is 19.8 Å². The lowest BCUT2D eigenvalue weighted by molar-refractivity contribution is -0.145. The number of hydrogen-bond donors (Lipinski definition) is 0. The Hall–Kier alpha value is -0.570. The van der Waals surface area contributed by atoms with Crippen molar-refractivity contribution in [3.63, 3.8) is 0 Å². The summed E-state index contributed by atoms with van der Waals surface area (Å²) in [5.74, 6) is 0.260. The highest BCUT2D eigenvalue weighted by molar-refractivity contribution is 5.69. The maximum absolute atomic E-state index is 11.4. The molecule has 0 aliphatic carbocycles. The molecule has 0 amide bonds. The first-order chi connectivity index (χ1) is 8.29. The molecule has 0 bridgehead atoms. The van der Waals surface area contributed by atoms with E-state index < -0.39 is 0 Å². The van der Waals surface area contributed by atoms with Gasteiger partial charge in [0.2, 0.25) is 0 Å². The molecule has 1 heterocycles. The molecular weight excluding hydrogens is 216 g/mol. The van der Waals surface area contributed by atoms with E-state index in [9.17, 15) is 4.79 Å². The second kappa shape index (κ2) is 9.46. The molecule has 0 N–H and O–H groups in total. The van der Waals surface area contributed by atoms with E-state index in [0.717, 1.165) is 25.9 Å². The van der Waals surface area contributed by atoms with Crippen LogP contribution < -0.4 is 0 Å². The molecule has 3 heteroatoms. The number of hydrogen-bond acceptors (Lipinski definition) is 3. The Morgan fingerprint density at radius 3 is 2.35 bits per heavy atom. The van der Waals surface area contributed by atoms with Crippen molar-refractivity contribution in [3.8, 4) is 0 Å². The fraction of sp³-hybridized carbons (Fsp3) is 0.929. The van der Waals surface area contributed by atoms with Crippen LogP contribution in [0.2, 0.25) is 0 Å². The smallest absolute Gasteiger partial charge is 0.305 e. The van der Waals surface area contributed by atoms with Crippen LogP contribution in [-0.4, -0.2) is 25.8 Å². The molecule has 0 aromatic carbocycles. The first-order valence-corrected chi connectivity index (χ1v) is 7.02. The molecule has 1 atom stereocenters.